The molecule has 0 radical (unpaired) electrons. The summed E-state index contributed by atoms with van der Waals surface area (Å²) in [4.78, 5) is 4.68. The fraction of sp³-hybridized carbons (Fsp3) is 0.118. The van der Waals surface area contributed by atoms with E-state index in [1.807, 2.05) is 18.2 Å². The molecule has 0 bridgehead atoms. The Morgan fingerprint density at radius 2 is 1.50 bits per heavy atom. The number of benzene rings is 1. The highest BCUT2D eigenvalue weighted by Crippen LogP contribution is 2.21. The molecule has 0 aliphatic carbocycles. The highest BCUT2D eigenvalue weighted by atomic mass is 19.1. The van der Waals surface area contributed by atoms with E-state index < -0.39 is 0 Å². The van der Waals surface area contributed by atoms with Crippen molar-refractivity contribution in [3.8, 4) is 17.1 Å². The second-order valence-electron chi connectivity index (χ2n) is 4.84. The van der Waals surface area contributed by atoms with E-state index in [0.29, 0.717) is 0 Å². The molecule has 0 fully saturated rings. The van der Waals surface area contributed by atoms with Crippen LogP contribution in [0.15, 0.2) is 54.6 Å². The Bertz CT molecular complexity index is 722. The van der Waals surface area contributed by atoms with Crippen molar-refractivity contribution in [2.45, 2.75) is 13.8 Å². The van der Waals surface area contributed by atoms with Crippen LogP contribution in [0.1, 0.15) is 11.4 Å². The molecular formula is C17H15FN2. The van der Waals surface area contributed by atoms with E-state index >= 15 is 0 Å². The molecule has 20 heavy (non-hydrogen) atoms. The lowest BCUT2D eigenvalue weighted by Crippen LogP contribution is -2.02. The first kappa shape index (κ1) is 12.6. The van der Waals surface area contributed by atoms with Gasteiger partial charge < -0.3 is 4.57 Å². The van der Waals surface area contributed by atoms with E-state index in [9.17, 15) is 4.39 Å². The molecule has 0 saturated heterocycles. The zero-order valence-electron chi connectivity index (χ0n) is 11.5. The van der Waals surface area contributed by atoms with Crippen LogP contribution in [-0.2, 0) is 0 Å². The third kappa shape index (κ3) is 2.23. The van der Waals surface area contributed by atoms with Gasteiger partial charge in [0.1, 0.15) is 11.6 Å². The Hall–Kier alpha value is -2.42. The van der Waals surface area contributed by atoms with Crippen LogP contribution < -0.4 is 0 Å². The van der Waals surface area contributed by atoms with E-state index in [1.54, 1.807) is 12.1 Å². The lowest BCUT2D eigenvalue weighted by molar-refractivity contribution is 0.628. The molecule has 0 atom stereocenters. The van der Waals surface area contributed by atoms with Gasteiger partial charge in [0.25, 0.3) is 0 Å². The second-order valence-corrected chi connectivity index (χ2v) is 4.84. The predicted octanol–water partition coefficient (Wildman–Crippen LogP) is 4.30. The molecule has 2 nitrogen and oxygen atoms in total. The van der Waals surface area contributed by atoms with Crippen molar-refractivity contribution >= 4 is 0 Å². The standard InChI is InChI=1S/C17H15FN2/c1-12-6-7-13(2)20(12)17-5-3-4-16(19-17)14-8-10-15(18)11-9-14/h3-11H,1-2H3. The Labute approximate surface area is 117 Å². The van der Waals surface area contributed by atoms with Gasteiger partial charge in [0.15, 0.2) is 0 Å². The Kier molecular flexibility index (Phi) is 3.11. The van der Waals surface area contributed by atoms with Crippen LogP contribution in [0.4, 0.5) is 4.39 Å². The molecule has 0 amide bonds. The van der Waals surface area contributed by atoms with E-state index in [2.05, 4.69) is 35.5 Å². The minimum atomic E-state index is -0.234. The largest absolute Gasteiger partial charge is 0.303 e. The van der Waals surface area contributed by atoms with Gasteiger partial charge >= 0.3 is 0 Å². The van der Waals surface area contributed by atoms with E-state index in [1.165, 1.54) is 12.1 Å². The zero-order valence-corrected chi connectivity index (χ0v) is 11.5. The number of rotatable bonds is 2. The molecule has 3 rings (SSSR count). The van der Waals surface area contributed by atoms with Crippen LogP contribution in [0.25, 0.3) is 17.1 Å². The lowest BCUT2D eigenvalue weighted by Gasteiger charge is -2.10. The summed E-state index contributed by atoms with van der Waals surface area (Å²) in [5.74, 6) is 0.647. The number of aromatic nitrogens is 2. The monoisotopic (exact) mass is 266 g/mol. The molecule has 2 heterocycles. The van der Waals surface area contributed by atoms with Crippen molar-refractivity contribution < 1.29 is 4.39 Å². The van der Waals surface area contributed by atoms with Gasteiger partial charge in [-0.15, -0.1) is 0 Å². The first-order valence-corrected chi connectivity index (χ1v) is 6.53. The summed E-state index contributed by atoms with van der Waals surface area (Å²) < 4.78 is 15.1. The molecule has 3 aromatic rings. The molecular weight excluding hydrogens is 251 g/mol. The average Bonchev–Trinajstić information content (AvgIpc) is 2.79. The molecule has 100 valence electrons. The zero-order chi connectivity index (χ0) is 14.1. The van der Waals surface area contributed by atoms with Crippen molar-refractivity contribution in [3.05, 3.63) is 71.8 Å². The first-order valence-electron chi connectivity index (χ1n) is 6.53. The van der Waals surface area contributed by atoms with Crippen LogP contribution in [0.5, 0.6) is 0 Å². The van der Waals surface area contributed by atoms with Crippen molar-refractivity contribution in [1.82, 2.24) is 9.55 Å². The minimum Gasteiger partial charge on any atom is -0.303 e. The van der Waals surface area contributed by atoms with E-state index in [0.717, 1.165) is 28.5 Å². The fourth-order valence-electron chi connectivity index (χ4n) is 2.36. The van der Waals surface area contributed by atoms with Gasteiger partial charge in [-0.2, -0.15) is 0 Å². The smallest absolute Gasteiger partial charge is 0.137 e. The first-order chi connectivity index (χ1) is 9.65. The van der Waals surface area contributed by atoms with Gasteiger partial charge in [-0.1, -0.05) is 6.07 Å². The van der Waals surface area contributed by atoms with Gasteiger partial charge in [0, 0.05) is 17.0 Å². The number of pyridine rings is 1. The van der Waals surface area contributed by atoms with E-state index in [-0.39, 0.29) is 5.82 Å². The lowest BCUT2D eigenvalue weighted by atomic mass is 10.1. The maximum atomic E-state index is 13.0. The van der Waals surface area contributed by atoms with Crippen LogP contribution in [0.2, 0.25) is 0 Å². The highest BCUT2D eigenvalue weighted by molar-refractivity contribution is 5.60. The predicted molar refractivity (Wildman–Crippen MR) is 78.4 cm³/mol. The molecule has 0 unspecified atom stereocenters. The summed E-state index contributed by atoms with van der Waals surface area (Å²) in [6, 6.07) is 16.4. The Morgan fingerprint density at radius 1 is 0.850 bits per heavy atom. The molecule has 2 aromatic heterocycles. The fourth-order valence-corrected chi connectivity index (χ4v) is 2.36. The van der Waals surface area contributed by atoms with Crippen molar-refractivity contribution in [3.63, 3.8) is 0 Å². The van der Waals surface area contributed by atoms with Crippen LogP contribution in [-0.4, -0.2) is 9.55 Å². The minimum absolute atomic E-state index is 0.234. The third-order valence-corrected chi connectivity index (χ3v) is 3.37. The summed E-state index contributed by atoms with van der Waals surface area (Å²) in [6.45, 7) is 4.11. The molecule has 0 N–H and O–H groups in total. The number of aryl methyl sites for hydroxylation is 2. The van der Waals surface area contributed by atoms with Gasteiger partial charge in [-0.05, 0) is 62.4 Å². The van der Waals surface area contributed by atoms with Gasteiger partial charge in [0.05, 0.1) is 5.69 Å². The van der Waals surface area contributed by atoms with Crippen molar-refractivity contribution in [1.29, 1.82) is 0 Å². The summed E-state index contributed by atoms with van der Waals surface area (Å²) in [7, 11) is 0. The number of nitrogens with zero attached hydrogens (tertiary/aromatic N) is 2. The maximum Gasteiger partial charge on any atom is 0.137 e. The molecule has 0 saturated carbocycles. The van der Waals surface area contributed by atoms with Crippen LogP contribution in [0.3, 0.4) is 0 Å². The molecule has 1 aromatic carbocycles. The SMILES string of the molecule is Cc1ccc(C)n1-c1cccc(-c2ccc(F)cc2)n1. The number of hydrogen-bond acceptors (Lipinski definition) is 1. The van der Waals surface area contributed by atoms with Crippen molar-refractivity contribution in [2.24, 2.45) is 0 Å². The normalized spacial score (nSPS) is 10.8. The summed E-state index contributed by atoms with van der Waals surface area (Å²) in [6.07, 6.45) is 0. The quantitative estimate of drug-likeness (QED) is 0.676. The molecule has 0 spiro atoms. The average molecular weight is 266 g/mol. The number of halogens is 1. The summed E-state index contributed by atoms with van der Waals surface area (Å²) >= 11 is 0. The van der Waals surface area contributed by atoms with Crippen molar-refractivity contribution in [2.75, 3.05) is 0 Å². The summed E-state index contributed by atoms with van der Waals surface area (Å²) in [5, 5.41) is 0. The Balaban J connectivity index is 2.08. The molecule has 0 aliphatic heterocycles. The summed E-state index contributed by atoms with van der Waals surface area (Å²) in [5.41, 5.74) is 4.04. The van der Waals surface area contributed by atoms with Gasteiger partial charge in [-0.25, -0.2) is 9.37 Å². The second kappa shape index (κ2) is 4.93. The molecule has 3 heteroatoms. The van der Waals surface area contributed by atoms with E-state index in [4.69, 9.17) is 0 Å². The Morgan fingerprint density at radius 3 is 2.15 bits per heavy atom. The highest BCUT2D eigenvalue weighted by Gasteiger charge is 2.07. The van der Waals surface area contributed by atoms with Gasteiger partial charge in [-0.3, -0.25) is 0 Å². The topological polar surface area (TPSA) is 17.8 Å². The maximum absolute atomic E-state index is 13.0. The van der Waals surface area contributed by atoms with Gasteiger partial charge in [0.2, 0.25) is 0 Å². The third-order valence-electron chi connectivity index (χ3n) is 3.37. The van der Waals surface area contributed by atoms with Crippen LogP contribution in [0, 0.1) is 19.7 Å². The number of hydrogen-bond donors (Lipinski definition) is 0. The van der Waals surface area contributed by atoms with Crippen LogP contribution >= 0.6 is 0 Å². The molecule has 0 aliphatic rings.